The molecule has 2 aromatic rings. The number of nitrogens with one attached hydrogen (secondary N) is 1. The van der Waals surface area contributed by atoms with Crippen molar-refractivity contribution in [2.45, 2.75) is 0 Å². The van der Waals surface area contributed by atoms with Crippen LogP contribution in [-0.4, -0.2) is 31.2 Å². The van der Waals surface area contributed by atoms with E-state index in [1.807, 2.05) is 25.1 Å². The van der Waals surface area contributed by atoms with E-state index in [-0.39, 0.29) is 11.1 Å². The van der Waals surface area contributed by atoms with Crippen molar-refractivity contribution in [1.29, 1.82) is 0 Å². The van der Waals surface area contributed by atoms with Gasteiger partial charge in [0.2, 0.25) is 0 Å². The minimum Gasteiger partial charge on any atom is -0.378 e. The number of hydrogen-bond donors (Lipinski definition) is 1. The zero-order valence-electron chi connectivity index (χ0n) is 12.6. The predicted octanol–water partition coefficient (Wildman–Crippen LogP) is 2.73. The van der Waals surface area contributed by atoms with Crippen molar-refractivity contribution in [2.24, 2.45) is 0 Å². The zero-order valence-corrected chi connectivity index (χ0v) is 12.6. The largest absolute Gasteiger partial charge is 0.378 e. The number of amides is 1. The Labute approximate surface area is 132 Å². The molecule has 1 N–H and O–H groups in total. The first-order chi connectivity index (χ1) is 10.9. The molecule has 2 rings (SSSR count). The summed E-state index contributed by atoms with van der Waals surface area (Å²) in [7, 11) is 3.71. The molecule has 0 radical (unpaired) electrons. The van der Waals surface area contributed by atoms with Crippen LogP contribution in [0.5, 0.6) is 0 Å². The molecule has 0 unspecified atom stereocenters. The molecule has 7 heteroatoms. The van der Waals surface area contributed by atoms with Crippen molar-refractivity contribution >= 4 is 29.3 Å². The van der Waals surface area contributed by atoms with E-state index in [1.54, 1.807) is 18.2 Å². The van der Waals surface area contributed by atoms with Gasteiger partial charge >= 0.3 is 0 Å². The average Bonchev–Trinajstić information content (AvgIpc) is 2.54. The molecule has 0 heterocycles. The molecule has 0 spiro atoms. The first-order valence-electron chi connectivity index (χ1n) is 6.75. The Morgan fingerprint density at radius 2 is 1.91 bits per heavy atom. The van der Waals surface area contributed by atoms with E-state index in [0.717, 1.165) is 5.69 Å². The smallest absolute Gasteiger partial charge is 0.282 e. The molecule has 2 aromatic carbocycles. The Hall–Kier alpha value is -3.22. The van der Waals surface area contributed by atoms with Crippen LogP contribution in [0.4, 0.5) is 17.1 Å². The average molecular weight is 313 g/mol. The van der Waals surface area contributed by atoms with E-state index in [0.29, 0.717) is 12.0 Å². The summed E-state index contributed by atoms with van der Waals surface area (Å²) in [5, 5.41) is 13.7. The highest BCUT2D eigenvalue weighted by atomic mass is 16.6. The predicted molar refractivity (Wildman–Crippen MR) is 87.2 cm³/mol. The lowest BCUT2D eigenvalue weighted by atomic mass is 10.1. The minimum atomic E-state index is -0.699. The van der Waals surface area contributed by atoms with Crippen molar-refractivity contribution in [2.75, 3.05) is 24.3 Å². The van der Waals surface area contributed by atoms with E-state index in [9.17, 15) is 19.7 Å². The molecule has 0 atom stereocenters. The molecule has 0 aliphatic carbocycles. The molecule has 1 amide bonds. The second-order valence-corrected chi connectivity index (χ2v) is 5.02. The van der Waals surface area contributed by atoms with E-state index in [2.05, 4.69) is 5.32 Å². The molecule has 0 saturated heterocycles. The van der Waals surface area contributed by atoms with Crippen molar-refractivity contribution in [1.82, 2.24) is 0 Å². The molecule has 0 bridgehead atoms. The van der Waals surface area contributed by atoms with Gasteiger partial charge in [-0.1, -0.05) is 18.2 Å². The number of nitro groups is 1. The molecule has 0 aliphatic rings. The first kappa shape index (κ1) is 16.2. The maximum Gasteiger partial charge on any atom is 0.282 e. The fourth-order valence-corrected chi connectivity index (χ4v) is 2.11. The van der Waals surface area contributed by atoms with E-state index in [4.69, 9.17) is 0 Å². The van der Waals surface area contributed by atoms with Crippen LogP contribution in [-0.2, 0) is 0 Å². The van der Waals surface area contributed by atoms with Crippen LogP contribution < -0.4 is 10.2 Å². The number of rotatable bonds is 5. The van der Waals surface area contributed by atoms with Gasteiger partial charge in [-0.15, -0.1) is 0 Å². The lowest BCUT2D eigenvalue weighted by molar-refractivity contribution is -0.385. The van der Waals surface area contributed by atoms with E-state index >= 15 is 0 Å². The van der Waals surface area contributed by atoms with Crippen LogP contribution in [0.25, 0.3) is 0 Å². The molecular formula is C16H15N3O4. The molecule has 23 heavy (non-hydrogen) atoms. The maximum atomic E-state index is 12.4. The Morgan fingerprint density at radius 1 is 1.22 bits per heavy atom. The minimum absolute atomic E-state index is 0.0273. The van der Waals surface area contributed by atoms with E-state index < -0.39 is 16.5 Å². The van der Waals surface area contributed by atoms with Crippen LogP contribution in [0, 0.1) is 10.1 Å². The van der Waals surface area contributed by atoms with Gasteiger partial charge in [-0.2, -0.15) is 0 Å². The third-order valence-corrected chi connectivity index (χ3v) is 3.25. The fraction of sp³-hybridized carbons (Fsp3) is 0.125. The molecule has 7 nitrogen and oxygen atoms in total. The van der Waals surface area contributed by atoms with Gasteiger partial charge in [-0.3, -0.25) is 19.7 Å². The van der Waals surface area contributed by atoms with Gasteiger partial charge in [-0.05, 0) is 18.2 Å². The van der Waals surface area contributed by atoms with Crippen molar-refractivity contribution in [3.63, 3.8) is 0 Å². The van der Waals surface area contributed by atoms with Gasteiger partial charge in [-0.25, -0.2) is 0 Å². The van der Waals surface area contributed by atoms with Gasteiger partial charge < -0.3 is 10.2 Å². The number of carbonyl (C=O) groups is 2. The topological polar surface area (TPSA) is 92.6 Å². The summed E-state index contributed by atoms with van der Waals surface area (Å²) in [5.41, 5.74) is 0.663. The number of nitrogens with zero attached hydrogens (tertiary/aromatic N) is 2. The van der Waals surface area contributed by atoms with Crippen LogP contribution in [0.1, 0.15) is 20.7 Å². The molecule has 0 fully saturated rings. The van der Waals surface area contributed by atoms with Gasteiger partial charge in [0, 0.05) is 37.1 Å². The Kier molecular flexibility index (Phi) is 4.70. The van der Waals surface area contributed by atoms with Crippen LogP contribution in [0.2, 0.25) is 0 Å². The van der Waals surface area contributed by atoms with Crippen LogP contribution >= 0.6 is 0 Å². The summed E-state index contributed by atoms with van der Waals surface area (Å²) < 4.78 is 0. The lowest BCUT2D eigenvalue weighted by Crippen LogP contribution is -2.17. The third-order valence-electron chi connectivity index (χ3n) is 3.25. The number of anilines is 2. The first-order valence-corrected chi connectivity index (χ1v) is 6.75. The van der Waals surface area contributed by atoms with E-state index in [1.165, 1.54) is 18.2 Å². The highest BCUT2D eigenvalue weighted by molar-refractivity contribution is 6.11. The van der Waals surface area contributed by atoms with Crippen molar-refractivity contribution in [3.05, 3.63) is 63.7 Å². The second-order valence-electron chi connectivity index (χ2n) is 5.02. The molecule has 118 valence electrons. The highest BCUT2D eigenvalue weighted by Crippen LogP contribution is 2.24. The van der Waals surface area contributed by atoms with Gasteiger partial charge in [0.25, 0.3) is 11.6 Å². The Morgan fingerprint density at radius 3 is 2.52 bits per heavy atom. The molecule has 0 aliphatic heterocycles. The SMILES string of the molecule is CN(C)c1cccc(NC(=O)c2c(C=O)cccc2[N+](=O)[O-])c1. The summed E-state index contributed by atoms with van der Waals surface area (Å²) in [6.07, 6.45) is 0.429. The molecular weight excluding hydrogens is 298 g/mol. The summed E-state index contributed by atoms with van der Waals surface area (Å²) in [4.78, 5) is 35.8. The maximum absolute atomic E-state index is 12.4. The summed E-state index contributed by atoms with van der Waals surface area (Å²) in [6.45, 7) is 0. The third kappa shape index (κ3) is 3.52. The number of hydrogen-bond acceptors (Lipinski definition) is 5. The van der Waals surface area contributed by atoms with Crippen molar-refractivity contribution < 1.29 is 14.5 Å². The number of benzene rings is 2. The van der Waals surface area contributed by atoms with Gasteiger partial charge in [0.1, 0.15) is 5.56 Å². The molecule has 0 aromatic heterocycles. The Bertz CT molecular complexity index is 772. The summed E-state index contributed by atoms with van der Waals surface area (Å²) >= 11 is 0. The number of carbonyl (C=O) groups excluding carboxylic acids is 2. The molecule has 0 saturated carbocycles. The number of nitro benzene ring substituents is 1. The van der Waals surface area contributed by atoms with Gasteiger partial charge in [0.15, 0.2) is 6.29 Å². The zero-order chi connectivity index (χ0) is 17.0. The lowest BCUT2D eigenvalue weighted by Gasteiger charge is -2.14. The standard InChI is InChI=1S/C16H15N3O4/c1-18(2)13-7-4-6-12(9-13)17-16(21)15-11(10-20)5-3-8-14(15)19(22)23/h3-10H,1-2H3,(H,17,21). The summed E-state index contributed by atoms with van der Waals surface area (Å²) in [6, 6.07) is 10.9. The Balaban J connectivity index is 2.40. The van der Waals surface area contributed by atoms with Crippen LogP contribution in [0.3, 0.4) is 0 Å². The van der Waals surface area contributed by atoms with Gasteiger partial charge in [0.05, 0.1) is 4.92 Å². The number of aldehydes is 1. The normalized spacial score (nSPS) is 10.0. The summed E-state index contributed by atoms with van der Waals surface area (Å²) in [5.74, 6) is -0.699. The monoisotopic (exact) mass is 313 g/mol. The van der Waals surface area contributed by atoms with Crippen LogP contribution in [0.15, 0.2) is 42.5 Å². The van der Waals surface area contributed by atoms with Crippen molar-refractivity contribution in [3.8, 4) is 0 Å². The highest BCUT2D eigenvalue weighted by Gasteiger charge is 2.23. The quantitative estimate of drug-likeness (QED) is 0.520. The fourth-order valence-electron chi connectivity index (χ4n) is 2.11. The second kappa shape index (κ2) is 6.69.